The number of rotatable bonds is 8. The van der Waals surface area contributed by atoms with Crippen molar-refractivity contribution in [2.75, 3.05) is 25.5 Å². The van der Waals surface area contributed by atoms with Crippen molar-refractivity contribution in [2.45, 2.75) is 58.7 Å². The molecule has 0 radical (unpaired) electrons. The van der Waals surface area contributed by atoms with E-state index in [-0.39, 0.29) is 6.09 Å². The van der Waals surface area contributed by atoms with Crippen LogP contribution >= 0.6 is 0 Å². The summed E-state index contributed by atoms with van der Waals surface area (Å²) in [4.78, 5) is 25.8. The Balaban J connectivity index is 1.30. The van der Waals surface area contributed by atoms with Crippen LogP contribution in [0.3, 0.4) is 0 Å². The maximum Gasteiger partial charge on any atom is 0.410 e. The summed E-state index contributed by atoms with van der Waals surface area (Å²) in [7, 11) is 3.96. The Bertz CT molecular complexity index is 1410. The van der Waals surface area contributed by atoms with Gasteiger partial charge in [-0.05, 0) is 57.2 Å². The van der Waals surface area contributed by atoms with Crippen LogP contribution in [-0.4, -0.2) is 66.6 Å². The van der Waals surface area contributed by atoms with E-state index in [0.29, 0.717) is 19.0 Å². The number of amides is 1. The zero-order valence-electron chi connectivity index (χ0n) is 22.8. The Labute approximate surface area is 223 Å². The molecule has 5 rings (SSSR count). The second-order valence-corrected chi connectivity index (χ2v) is 11.3. The summed E-state index contributed by atoms with van der Waals surface area (Å²) in [6.07, 6.45) is 12.9. The molecule has 1 aliphatic rings. The largest absolute Gasteiger partial charge is 0.444 e. The monoisotopic (exact) mass is 516 g/mol. The van der Waals surface area contributed by atoms with E-state index in [2.05, 4.69) is 15.3 Å². The number of aromatic nitrogens is 6. The van der Waals surface area contributed by atoms with Gasteiger partial charge in [0.05, 0.1) is 36.9 Å². The molecule has 0 bridgehead atoms. The SMILES string of the molecule is CN(C)c1cncc(-c2cn(Cc3cn4cc(CN(CC5CCC5)C(=O)OC(C)(C)C)ccc4n3)nn2)c1. The number of imidazole rings is 1. The molecule has 0 N–H and O–H groups in total. The highest BCUT2D eigenvalue weighted by molar-refractivity contribution is 5.68. The molecule has 1 saturated carbocycles. The fraction of sp³-hybridized carbons (Fsp3) is 0.464. The van der Waals surface area contributed by atoms with Crippen LogP contribution in [0, 0.1) is 5.92 Å². The molecule has 38 heavy (non-hydrogen) atoms. The molecule has 0 unspecified atom stereocenters. The Morgan fingerprint density at radius 3 is 2.66 bits per heavy atom. The van der Waals surface area contributed by atoms with Gasteiger partial charge in [0.2, 0.25) is 0 Å². The minimum Gasteiger partial charge on any atom is -0.444 e. The lowest BCUT2D eigenvalue weighted by Gasteiger charge is -2.33. The van der Waals surface area contributed by atoms with Crippen LogP contribution in [0.4, 0.5) is 10.5 Å². The summed E-state index contributed by atoms with van der Waals surface area (Å²) in [5.41, 5.74) is 4.91. The number of hydrogen-bond donors (Lipinski definition) is 0. The van der Waals surface area contributed by atoms with Crippen molar-refractivity contribution in [3.63, 3.8) is 0 Å². The Morgan fingerprint density at radius 1 is 1.13 bits per heavy atom. The molecule has 0 saturated heterocycles. The van der Waals surface area contributed by atoms with Gasteiger partial charge in [-0.15, -0.1) is 5.10 Å². The number of fused-ring (bicyclic) bond motifs is 1. The second kappa shape index (κ2) is 10.4. The summed E-state index contributed by atoms with van der Waals surface area (Å²) >= 11 is 0. The minimum absolute atomic E-state index is 0.260. The van der Waals surface area contributed by atoms with E-state index in [1.165, 1.54) is 19.3 Å². The first kappa shape index (κ1) is 25.7. The summed E-state index contributed by atoms with van der Waals surface area (Å²) in [6.45, 7) is 7.44. The van der Waals surface area contributed by atoms with Gasteiger partial charge in [0, 0.05) is 44.8 Å². The molecule has 1 fully saturated rings. The fourth-order valence-corrected chi connectivity index (χ4v) is 4.48. The van der Waals surface area contributed by atoms with Gasteiger partial charge < -0.3 is 18.9 Å². The third-order valence-electron chi connectivity index (χ3n) is 6.69. The molecule has 1 aliphatic carbocycles. The zero-order chi connectivity index (χ0) is 26.9. The molecule has 4 aromatic rings. The molecule has 10 nitrogen and oxygen atoms in total. The molecule has 200 valence electrons. The van der Waals surface area contributed by atoms with Crippen molar-refractivity contribution in [3.8, 4) is 11.3 Å². The van der Waals surface area contributed by atoms with E-state index >= 15 is 0 Å². The van der Waals surface area contributed by atoms with E-state index in [1.54, 1.807) is 10.9 Å². The van der Waals surface area contributed by atoms with Gasteiger partial charge in [-0.1, -0.05) is 17.7 Å². The van der Waals surface area contributed by atoms with Crippen molar-refractivity contribution < 1.29 is 9.53 Å². The highest BCUT2D eigenvalue weighted by Gasteiger charge is 2.27. The van der Waals surface area contributed by atoms with Crippen LogP contribution in [-0.2, 0) is 17.8 Å². The topological polar surface area (TPSA) is 93.7 Å². The van der Waals surface area contributed by atoms with E-state index in [4.69, 9.17) is 9.72 Å². The van der Waals surface area contributed by atoms with Crippen molar-refractivity contribution in [3.05, 3.63) is 60.4 Å². The number of ether oxygens (including phenoxy) is 1. The lowest BCUT2D eigenvalue weighted by molar-refractivity contribution is 0.0173. The average molecular weight is 517 g/mol. The first-order valence-electron chi connectivity index (χ1n) is 13.1. The van der Waals surface area contributed by atoms with Crippen molar-refractivity contribution in [1.29, 1.82) is 0 Å². The predicted octanol–water partition coefficient (Wildman–Crippen LogP) is 4.64. The first-order valence-corrected chi connectivity index (χ1v) is 13.1. The number of nitrogens with zero attached hydrogens (tertiary/aromatic N) is 8. The lowest BCUT2D eigenvalue weighted by atomic mass is 9.85. The predicted molar refractivity (Wildman–Crippen MR) is 146 cm³/mol. The smallest absolute Gasteiger partial charge is 0.410 e. The van der Waals surface area contributed by atoms with E-state index in [1.807, 2.05) is 92.1 Å². The maximum absolute atomic E-state index is 12.9. The lowest BCUT2D eigenvalue weighted by Crippen LogP contribution is -2.40. The van der Waals surface area contributed by atoms with E-state index in [9.17, 15) is 4.79 Å². The van der Waals surface area contributed by atoms with Crippen LogP contribution < -0.4 is 4.90 Å². The molecule has 0 aliphatic heterocycles. The first-order chi connectivity index (χ1) is 18.1. The van der Waals surface area contributed by atoms with Crippen LogP contribution in [0.15, 0.2) is 49.2 Å². The van der Waals surface area contributed by atoms with Crippen molar-refractivity contribution in [1.82, 2.24) is 34.3 Å². The highest BCUT2D eigenvalue weighted by atomic mass is 16.6. The van der Waals surface area contributed by atoms with Gasteiger partial charge in [0.25, 0.3) is 0 Å². The quantitative estimate of drug-likeness (QED) is 0.337. The Kier molecular flexibility index (Phi) is 7.05. The molecule has 0 aromatic carbocycles. The summed E-state index contributed by atoms with van der Waals surface area (Å²) in [6, 6.07) is 6.06. The van der Waals surface area contributed by atoms with Gasteiger partial charge in [-0.3, -0.25) is 4.98 Å². The van der Waals surface area contributed by atoms with Crippen LogP contribution in [0.5, 0.6) is 0 Å². The maximum atomic E-state index is 12.9. The standard InChI is InChI=1S/C28H36N8O2/c1-28(2,3)38-27(37)35(14-20-7-6-8-20)16-21-9-10-26-30-23(17-34(26)15-21)18-36-19-25(31-32-36)22-11-24(33(4)5)13-29-12-22/h9-13,15,17,19-20H,6-8,14,16,18H2,1-5H3. The number of carbonyl (C=O) groups excluding carboxylic acids is 1. The van der Waals surface area contributed by atoms with Gasteiger partial charge in [-0.2, -0.15) is 0 Å². The second-order valence-electron chi connectivity index (χ2n) is 11.3. The van der Waals surface area contributed by atoms with Gasteiger partial charge in [0.15, 0.2) is 0 Å². The number of anilines is 1. The molecule has 10 heteroatoms. The molecular weight excluding hydrogens is 480 g/mol. The zero-order valence-corrected chi connectivity index (χ0v) is 22.8. The molecule has 0 atom stereocenters. The van der Waals surface area contributed by atoms with Gasteiger partial charge >= 0.3 is 6.09 Å². The number of pyridine rings is 2. The normalized spacial score (nSPS) is 13.9. The average Bonchev–Trinajstić information content (AvgIpc) is 3.46. The summed E-state index contributed by atoms with van der Waals surface area (Å²) in [5.74, 6) is 0.555. The van der Waals surface area contributed by atoms with Crippen molar-refractivity contribution >= 4 is 17.4 Å². The number of carbonyl (C=O) groups is 1. The van der Waals surface area contributed by atoms with Crippen LogP contribution in [0.25, 0.3) is 16.9 Å². The molecular formula is C28H36N8O2. The van der Waals surface area contributed by atoms with Crippen LogP contribution in [0.1, 0.15) is 51.3 Å². The van der Waals surface area contributed by atoms with E-state index in [0.717, 1.165) is 40.4 Å². The number of hydrogen-bond acceptors (Lipinski definition) is 7. The Hall–Kier alpha value is -3.95. The fourth-order valence-electron chi connectivity index (χ4n) is 4.48. The molecule has 4 heterocycles. The van der Waals surface area contributed by atoms with Crippen molar-refractivity contribution in [2.24, 2.45) is 5.92 Å². The molecule has 0 spiro atoms. The Morgan fingerprint density at radius 2 is 1.95 bits per heavy atom. The summed E-state index contributed by atoms with van der Waals surface area (Å²) < 4.78 is 9.48. The third-order valence-corrected chi connectivity index (χ3v) is 6.69. The minimum atomic E-state index is -0.523. The van der Waals surface area contributed by atoms with Gasteiger partial charge in [-0.25, -0.2) is 14.5 Å². The highest BCUT2D eigenvalue weighted by Crippen LogP contribution is 2.28. The molecule has 1 amide bonds. The van der Waals surface area contributed by atoms with Gasteiger partial charge in [0.1, 0.15) is 16.9 Å². The summed E-state index contributed by atoms with van der Waals surface area (Å²) in [5, 5.41) is 8.63. The third kappa shape index (κ3) is 6.12. The van der Waals surface area contributed by atoms with E-state index < -0.39 is 5.60 Å². The molecule has 4 aromatic heterocycles. The van der Waals surface area contributed by atoms with Crippen LogP contribution in [0.2, 0.25) is 0 Å².